The summed E-state index contributed by atoms with van der Waals surface area (Å²) in [6.07, 6.45) is 4.51. The lowest BCUT2D eigenvalue weighted by atomic mass is 9.96. The van der Waals surface area contributed by atoms with Crippen LogP contribution in [0.25, 0.3) is 28.2 Å². The van der Waals surface area contributed by atoms with Gasteiger partial charge in [0, 0.05) is 35.9 Å². The first-order valence-electron chi connectivity index (χ1n) is 12.1. The minimum atomic E-state index is -0.501. The van der Waals surface area contributed by atoms with Crippen molar-refractivity contribution in [2.45, 2.75) is 23.5 Å². The van der Waals surface area contributed by atoms with Crippen LogP contribution < -0.4 is 0 Å². The van der Waals surface area contributed by atoms with Gasteiger partial charge in [0.05, 0.1) is 21.1 Å². The number of nitro groups is 1. The maximum absolute atomic E-state index is 14.0. The molecule has 8 nitrogen and oxygen atoms in total. The predicted molar refractivity (Wildman–Crippen MR) is 150 cm³/mol. The van der Waals surface area contributed by atoms with E-state index in [0.717, 1.165) is 33.9 Å². The minimum Gasteiger partial charge on any atom is -0.340 e. The van der Waals surface area contributed by atoms with Gasteiger partial charge in [-0.05, 0) is 54.1 Å². The number of rotatable bonds is 8. The van der Waals surface area contributed by atoms with Crippen molar-refractivity contribution in [3.63, 3.8) is 0 Å². The number of fused-ring (bicyclic) bond motifs is 1. The molecule has 5 aromatic rings. The van der Waals surface area contributed by atoms with E-state index in [1.54, 1.807) is 30.6 Å². The highest BCUT2D eigenvalue weighted by molar-refractivity contribution is 7.99. The Balaban J connectivity index is 1.61. The highest BCUT2D eigenvalue weighted by atomic mass is 32.2. The Morgan fingerprint density at radius 3 is 2.46 bits per heavy atom. The third-order valence-electron chi connectivity index (χ3n) is 6.16. The first-order chi connectivity index (χ1) is 19.0. The van der Waals surface area contributed by atoms with E-state index in [9.17, 15) is 20.2 Å². The van der Waals surface area contributed by atoms with Crippen molar-refractivity contribution in [2.75, 3.05) is 0 Å². The molecule has 0 saturated heterocycles. The van der Waals surface area contributed by atoms with Gasteiger partial charge in [0.2, 0.25) is 5.78 Å². The molecule has 0 fully saturated rings. The molecule has 3 aromatic carbocycles. The van der Waals surface area contributed by atoms with E-state index in [4.69, 9.17) is 0 Å². The Bertz CT molecular complexity index is 1770. The first kappa shape index (κ1) is 25.6. The standard InChI is InChI=1S/C30H21N5O3S/c1-2-34-24-12-7-6-11-23(24)27(28(34)21-9-4-3-5-10-21)29(36)22(19-31)17-20-13-14-26(25(18-20)35(37)38)39-30-32-15-8-16-33-30/h3-18H,2H2,1H3. The molecule has 0 aliphatic rings. The molecule has 0 aliphatic carbocycles. The molecule has 0 radical (unpaired) electrons. The van der Waals surface area contributed by atoms with Crippen LogP contribution in [0.15, 0.2) is 107 Å². The van der Waals surface area contributed by atoms with Gasteiger partial charge in [0.1, 0.15) is 11.6 Å². The number of carbonyl (C=O) groups excluding carboxylic acids is 1. The van der Waals surface area contributed by atoms with Gasteiger partial charge in [0.15, 0.2) is 5.16 Å². The van der Waals surface area contributed by atoms with Crippen molar-refractivity contribution >= 4 is 40.2 Å². The molecule has 2 aromatic heterocycles. The largest absolute Gasteiger partial charge is 0.340 e. The van der Waals surface area contributed by atoms with Gasteiger partial charge in [-0.2, -0.15) is 5.26 Å². The van der Waals surface area contributed by atoms with Crippen LogP contribution in [0.2, 0.25) is 0 Å². The number of ketones is 1. The van der Waals surface area contributed by atoms with E-state index in [2.05, 4.69) is 14.5 Å². The van der Waals surface area contributed by atoms with Gasteiger partial charge in [-0.25, -0.2) is 9.97 Å². The molecular formula is C30H21N5O3S. The van der Waals surface area contributed by atoms with E-state index in [0.29, 0.717) is 27.7 Å². The second-order valence-corrected chi connectivity index (χ2v) is 9.48. The summed E-state index contributed by atoms with van der Waals surface area (Å²) in [4.78, 5) is 33.9. The van der Waals surface area contributed by atoms with Gasteiger partial charge in [-0.15, -0.1) is 0 Å². The molecule has 0 N–H and O–H groups in total. The Morgan fingerprint density at radius 2 is 1.77 bits per heavy atom. The number of aromatic nitrogens is 3. The molecular weight excluding hydrogens is 510 g/mol. The van der Waals surface area contributed by atoms with Gasteiger partial charge in [-0.1, -0.05) is 54.6 Å². The normalized spacial score (nSPS) is 11.3. The van der Waals surface area contributed by atoms with Crippen LogP contribution in [-0.4, -0.2) is 25.2 Å². The van der Waals surface area contributed by atoms with Gasteiger partial charge >= 0.3 is 0 Å². The van der Waals surface area contributed by atoms with Crippen molar-refractivity contribution in [1.29, 1.82) is 5.26 Å². The fourth-order valence-corrected chi connectivity index (χ4v) is 5.30. The molecule has 0 atom stereocenters. The third-order valence-corrected chi connectivity index (χ3v) is 7.12. The summed E-state index contributed by atoms with van der Waals surface area (Å²) in [5.41, 5.74) is 2.98. The van der Waals surface area contributed by atoms with Crippen molar-refractivity contribution < 1.29 is 9.72 Å². The van der Waals surface area contributed by atoms with Crippen molar-refractivity contribution in [2.24, 2.45) is 0 Å². The Kier molecular flexibility index (Phi) is 7.30. The maximum Gasteiger partial charge on any atom is 0.283 e. The quantitative estimate of drug-likeness (QED) is 0.0530. The SMILES string of the molecule is CCn1c(-c2ccccc2)c(C(=O)C(C#N)=Cc2ccc(Sc3ncccn3)c([N+](=O)[O-])c2)c2ccccc21. The number of nitrogens with zero attached hydrogens (tertiary/aromatic N) is 5. The minimum absolute atomic E-state index is 0.118. The van der Waals surface area contributed by atoms with Crippen molar-refractivity contribution in [1.82, 2.24) is 14.5 Å². The molecule has 39 heavy (non-hydrogen) atoms. The van der Waals surface area contributed by atoms with Gasteiger partial charge in [0.25, 0.3) is 5.69 Å². The smallest absolute Gasteiger partial charge is 0.283 e. The molecule has 0 spiro atoms. The number of allylic oxidation sites excluding steroid dienone is 1. The Morgan fingerprint density at radius 1 is 1.05 bits per heavy atom. The zero-order valence-electron chi connectivity index (χ0n) is 20.8. The van der Waals surface area contributed by atoms with E-state index >= 15 is 0 Å². The second-order valence-electron chi connectivity index (χ2n) is 8.47. The number of nitriles is 1. The van der Waals surface area contributed by atoms with E-state index in [1.807, 2.05) is 67.6 Å². The highest BCUT2D eigenvalue weighted by Gasteiger charge is 2.26. The molecule has 0 amide bonds. The number of benzene rings is 3. The number of aryl methyl sites for hydroxylation is 1. The number of nitro benzene ring substituents is 1. The van der Waals surface area contributed by atoms with E-state index in [1.165, 1.54) is 12.1 Å². The first-order valence-corrected chi connectivity index (χ1v) is 12.9. The molecule has 0 saturated carbocycles. The number of carbonyl (C=O) groups is 1. The second kappa shape index (κ2) is 11.1. The molecule has 9 heteroatoms. The lowest BCUT2D eigenvalue weighted by molar-refractivity contribution is -0.387. The zero-order chi connectivity index (χ0) is 27.4. The monoisotopic (exact) mass is 531 g/mol. The van der Waals surface area contributed by atoms with Crippen LogP contribution in [-0.2, 0) is 6.54 Å². The lowest BCUT2D eigenvalue weighted by Gasteiger charge is -2.10. The average Bonchev–Trinajstić information content (AvgIpc) is 3.31. The van der Waals surface area contributed by atoms with Crippen LogP contribution in [0, 0.1) is 21.4 Å². The van der Waals surface area contributed by atoms with E-state index in [-0.39, 0.29) is 11.3 Å². The number of Topliss-reactive ketones (excluding diaryl/α,β-unsaturated/α-hetero) is 1. The summed E-state index contributed by atoms with van der Waals surface area (Å²) in [5, 5.41) is 23.0. The number of para-hydroxylation sites is 1. The summed E-state index contributed by atoms with van der Waals surface area (Å²) in [6.45, 7) is 2.63. The zero-order valence-corrected chi connectivity index (χ0v) is 21.6. The summed E-state index contributed by atoms with van der Waals surface area (Å²) in [5.74, 6) is -0.446. The molecule has 5 rings (SSSR count). The maximum atomic E-state index is 14.0. The van der Waals surface area contributed by atoms with Crippen LogP contribution in [0.4, 0.5) is 5.69 Å². The Hall–Kier alpha value is -5.07. The van der Waals surface area contributed by atoms with Crippen LogP contribution in [0.3, 0.4) is 0 Å². The molecule has 0 unspecified atom stereocenters. The van der Waals surface area contributed by atoms with Crippen molar-refractivity contribution in [3.8, 4) is 17.3 Å². The molecule has 0 bridgehead atoms. The average molecular weight is 532 g/mol. The lowest BCUT2D eigenvalue weighted by Crippen LogP contribution is -2.06. The summed E-state index contributed by atoms with van der Waals surface area (Å²) < 4.78 is 2.06. The summed E-state index contributed by atoms with van der Waals surface area (Å²) in [6, 6.07) is 25.4. The number of hydrogen-bond donors (Lipinski definition) is 0. The van der Waals surface area contributed by atoms with Crippen molar-refractivity contribution in [3.05, 3.63) is 118 Å². The van der Waals surface area contributed by atoms with Crippen LogP contribution >= 0.6 is 11.8 Å². The van der Waals surface area contributed by atoms with Gasteiger partial charge in [-0.3, -0.25) is 14.9 Å². The van der Waals surface area contributed by atoms with Gasteiger partial charge < -0.3 is 4.57 Å². The fourth-order valence-electron chi connectivity index (χ4n) is 4.50. The van der Waals surface area contributed by atoms with Crippen LogP contribution in [0.1, 0.15) is 22.8 Å². The summed E-state index contributed by atoms with van der Waals surface area (Å²) >= 11 is 1.07. The Labute approximate surface area is 228 Å². The molecule has 2 heterocycles. The summed E-state index contributed by atoms with van der Waals surface area (Å²) in [7, 11) is 0. The molecule has 0 aliphatic heterocycles. The molecule has 190 valence electrons. The predicted octanol–water partition coefficient (Wildman–Crippen LogP) is 6.97. The highest BCUT2D eigenvalue weighted by Crippen LogP contribution is 2.37. The third kappa shape index (κ3) is 5.06. The van der Waals surface area contributed by atoms with E-state index < -0.39 is 10.7 Å². The fraction of sp³-hybridized carbons (Fsp3) is 0.0667. The topological polar surface area (TPSA) is 115 Å². The van der Waals surface area contributed by atoms with Crippen LogP contribution in [0.5, 0.6) is 0 Å². The number of hydrogen-bond acceptors (Lipinski definition) is 7.